The number of nitrogens with zero attached hydrogens (tertiary/aromatic N) is 1. The van der Waals surface area contributed by atoms with Gasteiger partial charge in [-0.15, -0.1) is 0 Å². The van der Waals surface area contributed by atoms with E-state index in [-0.39, 0.29) is 11.9 Å². The molecule has 1 saturated heterocycles. The van der Waals surface area contributed by atoms with Gasteiger partial charge >= 0.3 is 5.97 Å². The Labute approximate surface area is 125 Å². The van der Waals surface area contributed by atoms with Crippen LogP contribution in [0.5, 0.6) is 0 Å². The van der Waals surface area contributed by atoms with Gasteiger partial charge in [-0.3, -0.25) is 4.79 Å². The summed E-state index contributed by atoms with van der Waals surface area (Å²) in [4.78, 5) is 25.1. The predicted octanol–water partition coefficient (Wildman–Crippen LogP) is 3.11. The second kappa shape index (κ2) is 6.57. The lowest BCUT2D eigenvalue weighted by Gasteiger charge is -2.33. The quantitative estimate of drug-likeness (QED) is 0.869. The highest BCUT2D eigenvalue weighted by molar-refractivity contribution is 5.95. The van der Waals surface area contributed by atoms with Crippen molar-refractivity contribution in [3.63, 3.8) is 0 Å². The number of benzene rings is 1. The molecule has 0 aromatic heterocycles. The Morgan fingerprint density at radius 2 is 2.10 bits per heavy atom. The summed E-state index contributed by atoms with van der Waals surface area (Å²) in [6.07, 6.45) is 5.90. The second-order valence-electron chi connectivity index (χ2n) is 5.59. The average Bonchev–Trinajstić information content (AvgIpc) is 2.46. The van der Waals surface area contributed by atoms with E-state index in [2.05, 4.69) is 6.92 Å². The van der Waals surface area contributed by atoms with Crippen LogP contribution in [0, 0.1) is 6.92 Å². The molecular weight excluding hydrogens is 266 g/mol. The van der Waals surface area contributed by atoms with Crippen LogP contribution in [-0.4, -0.2) is 34.5 Å². The summed E-state index contributed by atoms with van der Waals surface area (Å²) < 4.78 is 0. The third kappa shape index (κ3) is 3.72. The van der Waals surface area contributed by atoms with E-state index in [1.807, 2.05) is 24.0 Å². The fourth-order valence-electron chi connectivity index (χ4n) is 2.68. The molecule has 1 unspecified atom stereocenters. The summed E-state index contributed by atoms with van der Waals surface area (Å²) in [5.41, 5.74) is 2.35. The highest BCUT2D eigenvalue weighted by Gasteiger charge is 2.24. The largest absolute Gasteiger partial charge is 0.478 e. The first kappa shape index (κ1) is 15.3. The predicted molar refractivity (Wildman–Crippen MR) is 82.2 cm³/mol. The summed E-state index contributed by atoms with van der Waals surface area (Å²) >= 11 is 0. The number of hydrogen-bond acceptors (Lipinski definition) is 2. The number of carboxylic acids is 1. The zero-order valence-electron chi connectivity index (χ0n) is 12.5. The summed E-state index contributed by atoms with van der Waals surface area (Å²) in [6.45, 7) is 4.78. The number of carbonyl (C=O) groups is 2. The highest BCUT2D eigenvalue weighted by atomic mass is 16.4. The monoisotopic (exact) mass is 287 g/mol. The summed E-state index contributed by atoms with van der Waals surface area (Å²) in [5, 5.41) is 8.72. The third-order valence-corrected chi connectivity index (χ3v) is 4.00. The maximum atomic E-state index is 12.6. The Morgan fingerprint density at radius 3 is 2.76 bits per heavy atom. The normalized spacial score (nSPS) is 19.0. The van der Waals surface area contributed by atoms with Gasteiger partial charge in [-0.1, -0.05) is 6.07 Å². The summed E-state index contributed by atoms with van der Waals surface area (Å²) in [7, 11) is 0. The molecule has 0 spiro atoms. The lowest BCUT2D eigenvalue weighted by atomic mass is 10.00. The molecule has 1 amide bonds. The minimum absolute atomic E-state index is 0.0344. The molecule has 0 radical (unpaired) electrons. The Balaban J connectivity index is 2.25. The molecule has 0 bridgehead atoms. The topological polar surface area (TPSA) is 57.6 Å². The fraction of sp³-hybridized carbons (Fsp3) is 0.412. The van der Waals surface area contributed by atoms with E-state index in [0.29, 0.717) is 5.56 Å². The molecule has 0 saturated carbocycles. The molecule has 1 aromatic carbocycles. The van der Waals surface area contributed by atoms with Crippen molar-refractivity contribution in [3.8, 4) is 0 Å². The van der Waals surface area contributed by atoms with Crippen LogP contribution in [0.15, 0.2) is 24.3 Å². The van der Waals surface area contributed by atoms with Gasteiger partial charge < -0.3 is 10.0 Å². The van der Waals surface area contributed by atoms with Gasteiger partial charge in [-0.2, -0.15) is 0 Å². The maximum Gasteiger partial charge on any atom is 0.328 e. The first-order valence-corrected chi connectivity index (χ1v) is 7.31. The van der Waals surface area contributed by atoms with E-state index in [0.717, 1.165) is 36.6 Å². The molecule has 1 heterocycles. The minimum Gasteiger partial charge on any atom is -0.478 e. The van der Waals surface area contributed by atoms with Crippen LogP contribution in [0.25, 0.3) is 6.08 Å². The molecule has 112 valence electrons. The number of rotatable bonds is 3. The fourth-order valence-corrected chi connectivity index (χ4v) is 2.68. The zero-order chi connectivity index (χ0) is 15.4. The molecule has 4 heteroatoms. The smallest absolute Gasteiger partial charge is 0.328 e. The van der Waals surface area contributed by atoms with Gasteiger partial charge in [0.25, 0.3) is 5.91 Å². The molecule has 1 aliphatic heterocycles. The number of aliphatic carboxylic acids is 1. The zero-order valence-corrected chi connectivity index (χ0v) is 12.5. The standard InChI is InChI=1S/C17H21NO3/c1-12-6-7-15(11-14(12)8-9-16(19)20)17(21)18-10-4-3-5-13(18)2/h6-9,11,13H,3-5,10H2,1-2H3,(H,19,20)/b9-8+. The van der Waals surface area contributed by atoms with Crippen molar-refractivity contribution in [2.45, 2.75) is 39.2 Å². The van der Waals surface area contributed by atoms with Gasteiger partial charge in [0.1, 0.15) is 0 Å². The summed E-state index contributed by atoms with van der Waals surface area (Å²) in [5.74, 6) is -0.956. The molecule has 4 nitrogen and oxygen atoms in total. The number of carboxylic acid groups (broad SMARTS) is 1. The third-order valence-electron chi connectivity index (χ3n) is 4.00. The van der Waals surface area contributed by atoms with Gasteiger partial charge in [-0.05, 0) is 62.4 Å². The van der Waals surface area contributed by atoms with Gasteiger partial charge in [-0.25, -0.2) is 4.79 Å². The van der Waals surface area contributed by atoms with Gasteiger partial charge in [0.2, 0.25) is 0 Å². The van der Waals surface area contributed by atoms with Crippen LogP contribution >= 0.6 is 0 Å². The molecular formula is C17H21NO3. The lowest BCUT2D eigenvalue weighted by molar-refractivity contribution is -0.131. The van der Waals surface area contributed by atoms with Crippen LogP contribution in [0.3, 0.4) is 0 Å². The van der Waals surface area contributed by atoms with Crippen LogP contribution in [0.1, 0.15) is 47.7 Å². The van der Waals surface area contributed by atoms with Crippen molar-refractivity contribution in [1.29, 1.82) is 0 Å². The van der Waals surface area contributed by atoms with Gasteiger partial charge in [0.15, 0.2) is 0 Å². The molecule has 0 aliphatic carbocycles. The molecule has 1 atom stereocenters. The van der Waals surface area contributed by atoms with E-state index in [4.69, 9.17) is 5.11 Å². The molecule has 2 rings (SSSR count). The molecule has 21 heavy (non-hydrogen) atoms. The highest BCUT2D eigenvalue weighted by Crippen LogP contribution is 2.21. The van der Waals surface area contributed by atoms with Crippen molar-refractivity contribution in [2.24, 2.45) is 0 Å². The molecule has 1 aromatic rings. The number of aryl methyl sites for hydroxylation is 1. The number of carbonyl (C=O) groups excluding carboxylic acids is 1. The van der Waals surface area contributed by atoms with E-state index in [1.54, 1.807) is 6.07 Å². The number of likely N-dealkylation sites (tertiary alicyclic amines) is 1. The Bertz CT molecular complexity index is 577. The van der Waals surface area contributed by atoms with Crippen molar-refractivity contribution in [1.82, 2.24) is 4.90 Å². The van der Waals surface area contributed by atoms with Crippen LogP contribution in [-0.2, 0) is 4.79 Å². The number of piperidine rings is 1. The van der Waals surface area contributed by atoms with E-state index in [9.17, 15) is 9.59 Å². The van der Waals surface area contributed by atoms with Crippen molar-refractivity contribution in [3.05, 3.63) is 41.0 Å². The van der Waals surface area contributed by atoms with E-state index >= 15 is 0 Å². The summed E-state index contributed by atoms with van der Waals surface area (Å²) in [6, 6.07) is 5.73. The van der Waals surface area contributed by atoms with Gasteiger partial charge in [0.05, 0.1) is 0 Å². The van der Waals surface area contributed by atoms with Crippen molar-refractivity contribution < 1.29 is 14.7 Å². The molecule has 1 fully saturated rings. The van der Waals surface area contributed by atoms with E-state index in [1.165, 1.54) is 12.5 Å². The van der Waals surface area contributed by atoms with Crippen LogP contribution < -0.4 is 0 Å². The lowest BCUT2D eigenvalue weighted by Crippen LogP contribution is -2.42. The SMILES string of the molecule is Cc1ccc(C(=O)N2CCCCC2C)cc1/C=C/C(=O)O. The maximum absolute atomic E-state index is 12.6. The first-order chi connectivity index (χ1) is 9.99. The Morgan fingerprint density at radius 1 is 1.33 bits per heavy atom. The number of amides is 1. The molecule has 1 aliphatic rings. The first-order valence-electron chi connectivity index (χ1n) is 7.31. The van der Waals surface area contributed by atoms with Gasteiger partial charge in [0, 0.05) is 24.2 Å². The average molecular weight is 287 g/mol. The van der Waals surface area contributed by atoms with E-state index < -0.39 is 5.97 Å². The molecule has 1 N–H and O–H groups in total. The van der Waals surface area contributed by atoms with Crippen LogP contribution in [0.2, 0.25) is 0 Å². The van der Waals surface area contributed by atoms with Crippen molar-refractivity contribution >= 4 is 18.0 Å². The Hall–Kier alpha value is -2.10. The minimum atomic E-state index is -0.990. The van der Waals surface area contributed by atoms with Crippen molar-refractivity contribution in [2.75, 3.05) is 6.54 Å². The second-order valence-corrected chi connectivity index (χ2v) is 5.59. The van der Waals surface area contributed by atoms with Crippen LogP contribution in [0.4, 0.5) is 0 Å². The Kier molecular flexibility index (Phi) is 4.78. The number of hydrogen-bond donors (Lipinski definition) is 1.